The fourth-order valence-corrected chi connectivity index (χ4v) is 4.02. The maximum Gasteiger partial charge on any atom is 0.290 e. The lowest BCUT2D eigenvalue weighted by Gasteiger charge is -2.34. The number of hydrogen-bond acceptors (Lipinski definition) is 6. The number of morpholine rings is 1. The van der Waals surface area contributed by atoms with Crippen LogP contribution in [0.3, 0.4) is 0 Å². The third-order valence-electron chi connectivity index (χ3n) is 5.35. The smallest absolute Gasteiger partial charge is 0.290 e. The lowest BCUT2D eigenvalue weighted by molar-refractivity contribution is -0.122. The van der Waals surface area contributed by atoms with Crippen molar-refractivity contribution in [3.8, 4) is 11.4 Å². The second-order valence-corrected chi connectivity index (χ2v) is 7.07. The molecule has 0 amide bonds. The van der Waals surface area contributed by atoms with E-state index in [-0.39, 0.29) is 30.8 Å². The Morgan fingerprint density at radius 2 is 2.11 bits per heavy atom. The highest BCUT2D eigenvalue weighted by atomic mass is 16.5. The fourth-order valence-electron chi connectivity index (χ4n) is 4.02. The number of aliphatic hydroxyl groups excluding tert-OH is 1. The van der Waals surface area contributed by atoms with Crippen LogP contribution in [-0.2, 0) is 16.6 Å². The molecule has 2 aliphatic rings. The van der Waals surface area contributed by atoms with Crippen LogP contribution in [0.2, 0.25) is 0 Å². The van der Waals surface area contributed by atoms with Gasteiger partial charge in [0.05, 0.1) is 18.3 Å². The molecule has 2 aliphatic heterocycles. The second-order valence-electron chi connectivity index (χ2n) is 7.07. The predicted molar refractivity (Wildman–Crippen MR) is 102 cm³/mol. The first-order valence-corrected chi connectivity index (χ1v) is 9.32. The molecule has 0 aliphatic carbocycles. The highest BCUT2D eigenvalue weighted by Crippen LogP contribution is 2.33. The van der Waals surface area contributed by atoms with E-state index in [1.807, 2.05) is 18.3 Å². The molecular weight excluding hydrogens is 364 g/mol. The highest BCUT2D eigenvalue weighted by molar-refractivity contribution is 5.54. The van der Waals surface area contributed by atoms with Gasteiger partial charge in [0.1, 0.15) is 5.82 Å². The molecule has 4 rings (SSSR count). The van der Waals surface area contributed by atoms with Crippen molar-refractivity contribution in [2.24, 2.45) is 7.05 Å². The number of ether oxygens (including phenoxy) is 1. The molecule has 0 aromatic carbocycles. The molecule has 0 spiro atoms. The van der Waals surface area contributed by atoms with Crippen molar-refractivity contribution in [2.75, 3.05) is 26.3 Å². The van der Waals surface area contributed by atoms with Gasteiger partial charge in [0.25, 0.3) is 12.0 Å². The number of pyridine rings is 1. The summed E-state index contributed by atoms with van der Waals surface area (Å²) in [6.45, 7) is 2.40. The Labute approximate surface area is 162 Å². The number of fused-ring (bicyclic) bond motifs is 1. The van der Waals surface area contributed by atoms with Crippen LogP contribution in [0.1, 0.15) is 18.9 Å². The van der Waals surface area contributed by atoms with E-state index in [2.05, 4.69) is 14.5 Å². The summed E-state index contributed by atoms with van der Waals surface area (Å²) in [6, 6.07) is 4.39. The summed E-state index contributed by atoms with van der Waals surface area (Å²) in [5.74, 6) is 0.735. The van der Waals surface area contributed by atoms with E-state index in [9.17, 15) is 4.79 Å². The molecule has 0 saturated carbocycles. The number of aryl methyl sites for hydroxylation is 1. The van der Waals surface area contributed by atoms with Gasteiger partial charge in [0.15, 0.2) is 0 Å². The quantitative estimate of drug-likeness (QED) is 0.725. The fraction of sp³-hybridized carbons (Fsp3) is 0.526. The number of carboxylic acid groups (broad SMARTS) is 1. The Balaban J connectivity index is 0.000000706. The summed E-state index contributed by atoms with van der Waals surface area (Å²) >= 11 is 0. The van der Waals surface area contributed by atoms with Crippen molar-refractivity contribution in [1.82, 2.24) is 19.0 Å². The molecule has 2 aromatic rings. The minimum atomic E-state index is -0.250. The van der Waals surface area contributed by atoms with Gasteiger partial charge in [-0.25, -0.2) is 4.98 Å². The van der Waals surface area contributed by atoms with Gasteiger partial charge in [-0.05, 0) is 25.0 Å². The molecule has 2 fully saturated rings. The number of imidazole rings is 1. The molecule has 9 heteroatoms. The number of hydrogen-bond donors (Lipinski definition) is 2. The Hall–Kier alpha value is -2.49. The predicted octanol–water partition coefficient (Wildman–Crippen LogP) is 0.346. The van der Waals surface area contributed by atoms with Crippen LogP contribution < -0.4 is 5.56 Å². The number of carbonyl (C=O) groups is 1. The summed E-state index contributed by atoms with van der Waals surface area (Å²) in [5, 5.41) is 16.0. The van der Waals surface area contributed by atoms with Crippen LogP contribution in [0.15, 0.2) is 35.5 Å². The van der Waals surface area contributed by atoms with Crippen molar-refractivity contribution < 1.29 is 19.7 Å². The lowest BCUT2D eigenvalue weighted by atomic mass is 10.1. The van der Waals surface area contributed by atoms with Crippen molar-refractivity contribution >= 4 is 6.47 Å². The molecule has 9 nitrogen and oxygen atoms in total. The Bertz CT molecular complexity index is 849. The molecule has 0 bridgehead atoms. The summed E-state index contributed by atoms with van der Waals surface area (Å²) in [5.41, 5.74) is 0.603. The first kappa shape index (κ1) is 20.2. The largest absolute Gasteiger partial charge is 0.483 e. The highest BCUT2D eigenvalue weighted by Gasteiger charge is 2.38. The lowest BCUT2D eigenvalue weighted by Crippen LogP contribution is -2.46. The van der Waals surface area contributed by atoms with Crippen LogP contribution in [0, 0.1) is 0 Å². The molecular formula is C19H26N4O5. The minimum Gasteiger partial charge on any atom is -0.483 e. The van der Waals surface area contributed by atoms with Crippen LogP contribution in [0.25, 0.3) is 11.4 Å². The standard InChI is InChI=1S/C18H24N4O3.CH2O2/c1-20-6-2-3-16(18(20)24)17-19-5-7-22(17)13-9-14-12-25-15(4-8-23)11-21(14)10-13;2-1-3/h2-3,5-7,13-15,23H,4,8-12H2,1H3;1H,(H,2,3)/t13-,14+,15+;/m1./s1. The Kier molecular flexibility index (Phi) is 6.61. The van der Waals surface area contributed by atoms with Gasteiger partial charge < -0.3 is 24.1 Å². The summed E-state index contributed by atoms with van der Waals surface area (Å²) in [6.07, 6.45) is 7.28. The zero-order chi connectivity index (χ0) is 20.1. The van der Waals surface area contributed by atoms with Gasteiger partial charge >= 0.3 is 0 Å². The van der Waals surface area contributed by atoms with E-state index in [0.717, 1.165) is 25.3 Å². The Morgan fingerprint density at radius 1 is 1.32 bits per heavy atom. The topological polar surface area (TPSA) is 110 Å². The van der Waals surface area contributed by atoms with Gasteiger partial charge in [-0.1, -0.05) is 0 Å². The van der Waals surface area contributed by atoms with Crippen LogP contribution in [0.4, 0.5) is 0 Å². The van der Waals surface area contributed by atoms with E-state index < -0.39 is 0 Å². The van der Waals surface area contributed by atoms with Crippen molar-refractivity contribution in [1.29, 1.82) is 0 Å². The monoisotopic (exact) mass is 390 g/mol. The average Bonchev–Trinajstić information content (AvgIpc) is 3.31. The first-order valence-electron chi connectivity index (χ1n) is 9.32. The first-order chi connectivity index (χ1) is 13.6. The summed E-state index contributed by atoms with van der Waals surface area (Å²) in [7, 11) is 1.76. The molecule has 3 atom stereocenters. The van der Waals surface area contributed by atoms with Crippen LogP contribution >= 0.6 is 0 Å². The minimum absolute atomic E-state index is 0.0305. The molecule has 2 N–H and O–H groups in total. The maximum absolute atomic E-state index is 12.5. The maximum atomic E-state index is 12.5. The molecule has 152 valence electrons. The Morgan fingerprint density at radius 3 is 2.86 bits per heavy atom. The number of nitrogens with zero attached hydrogens (tertiary/aromatic N) is 4. The molecule has 0 unspecified atom stereocenters. The van der Waals surface area contributed by atoms with Crippen molar-refractivity contribution in [3.63, 3.8) is 0 Å². The zero-order valence-corrected chi connectivity index (χ0v) is 15.8. The number of rotatable bonds is 4. The SMILES string of the molecule is Cn1cccc(-c2nccn2[C@@H]2C[C@H]3CO[C@@H](CCO)CN3C2)c1=O.O=CO. The third-order valence-corrected chi connectivity index (χ3v) is 5.35. The van der Waals surface area contributed by atoms with Crippen LogP contribution in [-0.4, -0.2) is 74.2 Å². The van der Waals surface area contributed by atoms with E-state index in [1.165, 1.54) is 0 Å². The van der Waals surface area contributed by atoms with E-state index in [0.29, 0.717) is 24.6 Å². The summed E-state index contributed by atoms with van der Waals surface area (Å²) < 4.78 is 9.59. The number of aromatic nitrogens is 3. The van der Waals surface area contributed by atoms with Gasteiger partial charge in [0.2, 0.25) is 0 Å². The molecule has 2 aromatic heterocycles. The van der Waals surface area contributed by atoms with Crippen molar-refractivity contribution in [2.45, 2.75) is 31.0 Å². The molecule has 0 radical (unpaired) electrons. The number of aliphatic hydroxyl groups is 1. The van der Waals surface area contributed by atoms with E-state index in [1.54, 1.807) is 24.0 Å². The molecule has 28 heavy (non-hydrogen) atoms. The van der Waals surface area contributed by atoms with E-state index in [4.69, 9.17) is 19.7 Å². The normalized spacial score (nSPS) is 24.3. The van der Waals surface area contributed by atoms with Gasteiger partial charge in [-0.2, -0.15) is 0 Å². The van der Waals surface area contributed by atoms with Crippen molar-refractivity contribution in [3.05, 3.63) is 41.1 Å². The third kappa shape index (κ3) is 4.16. The molecule has 2 saturated heterocycles. The van der Waals surface area contributed by atoms with E-state index >= 15 is 0 Å². The summed E-state index contributed by atoms with van der Waals surface area (Å²) in [4.78, 5) is 27.7. The second kappa shape index (κ2) is 9.13. The zero-order valence-electron chi connectivity index (χ0n) is 15.8. The van der Waals surface area contributed by atoms with Crippen LogP contribution in [0.5, 0.6) is 0 Å². The average molecular weight is 390 g/mol. The van der Waals surface area contributed by atoms with Gasteiger partial charge in [-0.3, -0.25) is 14.5 Å². The molecule has 4 heterocycles. The van der Waals surface area contributed by atoms with Gasteiger partial charge in [-0.15, -0.1) is 0 Å². The van der Waals surface area contributed by atoms with Gasteiger partial charge in [0, 0.05) is 57.4 Å².